The van der Waals surface area contributed by atoms with Gasteiger partial charge in [-0.15, -0.1) is 0 Å². The molecule has 0 bridgehead atoms. The van der Waals surface area contributed by atoms with Gasteiger partial charge >= 0.3 is 0 Å². The number of hydrogen-bond donors (Lipinski definition) is 1. The van der Waals surface area contributed by atoms with Crippen molar-refractivity contribution in [2.75, 3.05) is 19.0 Å². The zero-order valence-corrected chi connectivity index (χ0v) is 11.9. The molecule has 1 aliphatic rings. The lowest BCUT2D eigenvalue weighted by Gasteiger charge is -2.33. The summed E-state index contributed by atoms with van der Waals surface area (Å²) in [6, 6.07) is 0.821. The van der Waals surface area contributed by atoms with Gasteiger partial charge in [-0.2, -0.15) is 0 Å². The predicted molar refractivity (Wildman–Crippen MR) is 74.0 cm³/mol. The molecule has 0 radical (unpaired) electrons. The first-order valence-corrected chi connectivity index (χ1v) is 6.92. The summed E-state index contributed by atoms with van der Waals surface area (Å²) in [5.74, 6) is 1.80. The highest BCUT2D eigenvalue weighted by atomic mass is 16.5. The number of nitrogens with zero attached hydrogens (tertiary/aromatic N) is 2. The van der Waals surface area contributed by atoms with Crippen molar-refractivity contribution in [3.8, 4) is 0 Å². The second kappa shape index (κ2) is 5.74. The highest BCUT2D eigenvalue weighted by Crippen LogP contribution is 2.37. The van der Waals surface area contributed by atoms with E-state index in [9.17, 15) is 0 Å². The average Bonchev–Trinajstić information content (AvgIpc) is 2.57. The summed E-state index contributed by atoms with van der Waals surface area (Å²) in [5.41, 5.74) is 1.08. The molecule has 1 heterocycles. The molecule has 0 amide bonds. The first kappa shape index (κ1) is 13.4. The fourth-order valence-electron chi connectivity index (χ4n) is 2.59. The van der Waals surface area contributed by atoms with Crippen molar-refractivity contribution >= 4 is 5.95 Å². The van der Waals surface area contributed by atoms with Crippen molar-refractivity contribution in [3.05, 3.63) is 11.9 Å². The molecular weight excluding hydrogens is 226 g/mol. The number of rotatable bonds is 6. The van der Waals surface area contributed by atoms with Gasteiger partial charge in [0.1, 0.15) is 0 Å². The SMILES string of the molecule is COCC(C)Nc1nc(C)cn1C(C)C1CCC1. The van der Waals surface area contributed by atoms with Crippen molar-refractivity contribution in [3.63, 3.8) is 0 Å². The molecule has 2 unspecified atom stereocenters. The van der Waals surface area contributed by atoms with Gasteiger partial charge in [-0.3, -0.25) is 0 Å². The Balaban J connectivity index is 2.08. The van der Waals surface area contributed by atoms with Crippen LogP contribution < -0.4 is 5.32 Å². The third-order valence-electron chi connectivity index (χ3n) is 3.92. The Bertz CT molecular complexity index is 384. The predicted octanol–water partition coefficient (Wildman–Crippen LogP) is 3.00. The van der Waals surface area contributed by atoms with E-state index in [1.807, 2.05) is 0 Å². The van der Waals surface area contributed by atoms with E-state index < -0.39 is 0 Å². The first-order chi connectivity index (χ1) is 8.61. The van der Waals surface area contributed by atoms with Gasteiger partial charge in [-0.05, 0) is 39.5 Å². The molecule has 0 aliphatic heterocycles. The molecule has 0 aromatic carbocycles. The Morgan fingerprint density at radius 3 is 2.78 bits per heavy atom. The number of imidazole rings is 1. The van der Waals surface area contributed by atoms with Crippen molar-refractivity contribution < 1.29 is 4.74 Å². The van der Waals surface area contributed by atoms with E-state index in [1.54, 1.807) is 7.11 Å². The molecule has 102 valence electrons. The van der Waals surface area contributed by atoms with Crippen LogP contribution in [0, 0.1) is 12.8 Å². The minimum atomic E-state index is 0.282. The maximum atomic E-state index is 5.16. The zero-order chi connectivity index (χ0) is 13.1. The van der Waals surface area contributed by atoms with Crippen LogP contribution in [0.1, 0.15) is 44.8 Å². The number of ether oxygens (including phenoxy) is 1. The van der Waals surface area contributed by atoms with Crippen LogP contribution in [0.2, 0.25) is 0 Å². The molecule has 1 aromatic rings. The van der Waals surface area contributed by atoms with Gasteiger partial charge in [0.05, 0.1) is 12.3 Å². The van der Waals surface area contributed by atoms with Crippen LogP contribution in [-0.4, -0.2) is 29.3 Å². The summed E-state index contributed by atoms with van der Waals surface area (Å²) in [6.07, 6.45) is 6.24. The lowest BCUT2D eigenvalue weighted by atomic mass is 9.80. The number of aryl methyl sites for hydroxylation is 1. The second-order valence-electron chi connectivity index (χ2n) is 5.55. The van der Waals surface area contributed by atoms with Crippen molar-refractivity contribution in [2.45, 2.75) is 52.1 Å². The van der Waals surface area contributed by atoms with E-state index in [-0.39, 0.29) is 6.04 Å². The molecule has 1 aliphatic carbocycles. The minimum absolute atomic E-state index is 0.282. The molecule has 1 aromatic heterocycles. The maximum absolute atomic E-state index is 5.16. The normalized spacial score (nSPS) is 19.3. The minimum Gasteiger partial charge on any atom is -0.383 e. The molecule has 2 rings (SSSR count). The molecule has 2 atom stereocenters. The maximum Gasteiger partial charge on any atom is 0.203 e. The molecule has 1 N–H and O–H groups in total. The standard InChI is InChI=1S/C14H25N3O/c1-10-8-17(12(3)13-6-5-7-13)14(15-10)16-11(2)9-18-4/h8,11-13H,5-7,9H2,1-4H3,(H,15,16). The molecular formula is C14H25N3O. The van der Waals surface area contributed by atoms with Crippen LogP contribution in [0.25, 0.3) is 0 Å². The van der Waals surface area contributed by atoms with Crippen LogP contribution >= 0.6 is 0 Å². The summed E-state index contributed by atoms with van der Waals surface area (Å²) in [5, 5.41) is 3.44. The van der Waals surface area contributed by atoms with E-state index in [2.05, 4.69) is 41.8 Å². The summed E-state index contributed by atoms with van der Waals surface area (Å²) < 4.78 is 7.46. The lowest BCUT2D eigenvalue weighted by molar-refractivity contribution is 0.189. The van der Waals surface area contributed by atoms with Gasteiger partial charge in [0.15, 0.2) is 0 Å². The summed E-state index contributed by atoms with van der Waals surface area (Å²) >= 11 is 0. The summed E-state index contributed by atoms with van der Waals surface area (Å²) in [4.78, 5) is 4.59. The van der Waals surface area contributed by atoms with Gasteiger partial charge in [0.25, 0.3) is 0 Å². The Kier molecular flexibility index (Phi) is 4.27. The van der Waals surface area contributed by atoms with Crippen molar-refractivity contribution in [1.82, 2.24) is 9.55 Å². The zero-order valence-electron chi connectivity index (χ0n) is 11.9. The topological polar surface area (TPSA) is 39.1 Å². The summed E-state index contributed by atoms with van der Waals surface area (Å²) in [6.45, 7) is 7.17. The third kappa shape index (κ3) is 2.86. The number of methoxy groups -OCH3 is 1. The van der Waals surface area contributed by atoms with E-state index in [0.29, 0.717) is 12.6 Å². The van der Waals surface area contributed by atoms with Gasteiger partial charge in [-0.25, -0.2) is 4.98 Å². The van der Waals surface area contributed by atoms with Crippen LogP contribution in [-0.2, 0) is 4.74 Å². The summed E-state index contributed by atoms with van der Waals surface area (Å²) in [7, 11) is 1.73. The number of nitrogens with one attached hydrogen (secondary N) is 1. The molecule has 0 saturated heterocycles. The first-order valence-electron chi connectivity index (χ1n) is 6.92. The van der Waals surface area contributed by atoms with E-state index in [0.717, 1.165) is 17.6 Å². The van der Waals surface area contributed by atoms with Crippen LogP contribution in [0.3, 0.4) is 0 Å². The Labute approximate surface area is 110 Å². The van der Waals surface area contributed by atoms with Crippen molar-refractivity contribution in [2.24, 2.45) is 5.92 Å². The number of hydrogen-bond acceptors (Lipinski definition) is 3. The van der Waals surface area contributed by atoms with Crippen LogP contribution in [0.5, 0.6) is 0 Å². The van der Waals surface area contributed by atoms with Gasteiger partial charge in [-0.1, -0.05) is 6.42 Å². The second-order valence-corrected chi connectivity index (χ2v) is 5.55. The van der Waals surface area contributed by atoms with Gasteiger partial charge in [0, 0.05) is 25.4 Å². The fourth-order valence-corrected chi connectivity index (χ4v) is 2.59. The third-order valence-corrected chi connectivity index (χ3v) is 3.92. The Morgan fingerprint density at radius 2 is 2.22 bits per heavy atom. The number of anilines is 1. The lowest BCUT2D eigenvalue weighted by Crippen LogP contribution is -2.27. The molecule has 1 saturated carbocycles. The average molecular weight is 251 g/mol. The Hall–Kier alpha value is -1.03. The Morgan fingerprint density at radius 1 is 1.50 bits per heavy atom. The smallest absolute Gasteiger partial charge is 0.203 e. The van der Waals surface area contributed by atoms with E-state index >= 15 is 0 Å². The molecule has 1 fully saturated rings. The largest absolute Gasteiger partial charge is 0.383 e. The van der Waals surface area contributed by atoms with E-state index in [1.165, 1.54) is 19.3 Å². The van der Waals surface area contributed by atoms with Crippen LogP contribution in [0.4, 0.5) is 5.95 Å². The number of aromatic nitrogens is 2. The molecule has 4 heteroatoms. The fraction of sp³-hybridized carbons (Fsp3) is 0.786. The van der Waals surface area contributed by atoms with Crippen LogP contribution in [0.15, 0.2) is 6.20 Å². The molecule has 0 spiro atoms. The molecule has 4 nitrogen and oxygen atoms in total. The van der Waals surface area contributed by atoms with E-state index in [4.69, 9.17) is 4.74 Å². The highest BCUT2D eigenvalue weighted by molar-refractivity contribution is 5.31. The van der Waals surface area contributed by atoms with Crippen molar-refractivity contribution in [1.29, 1.82) is 0 Å². The monoisotopic (exact) mass is 251 g/mol. The highest BCUT2D eigenvalue weighted by Gasteiger charge is 2.26. The van der Waals surface area contributed by atoms with Gasteiger partial charge < -0.3 is 14.6 Å². The van der Waals surface area contributed by atoms with Gasteiger partial charge in [0.2, 0.25) is 5.95 Å². The molecule has 18 heavy (non-hydrogen) atoms. The quantitative estimate of drug-likeness (QED) is 0.844.